The number of nitrogens with zero attached hydrogens (tertiary/aromatic N) is 4. The predicted octanol–water partition coefficient (Wildman–Crippen LogP) is 3.73. The quantitative estimate of drug-likeness (QED) is 0.444. The van der Waals surface area contributed by atoms with Crippen molar-refractivity contribution in [3.8, 4) is 0 Å². The van der Waals surface area contributed by atoms with Gasteiger partial charge in [0.05, 0.1) is 5.69 Å². The van der Waals surface area contributed by atoms with Crippen molar-refractivity contribution in [1.82, 2.24) is 14.8 Å². The van der Waals surface area contributed by atoms with Crippen LogP contribution in [0.1, 0.15) is 5.56 Å². The van der Waals surface area contributed by atoms with E-state index in [9.17, 15) is 8.78 Å². The lowest BCUT2D eigenvalue weighted by Crippen LogP contribution is -2.18. The van der Waals surface area contributed by atoms with Crippen LogP contribution in [-0.4, -0.2) is 20.6 Å². The van der Waals surface area contributed by atoms with Gasteiger partial charge in [0.1, 0.15) is 24.3 Å². The van der Waals surface area contributed by atoms with E-state index in [4.69, 9.17) is 11.6 Å². The van der Waals surface area contributed by atoms with E-state index >= 15 is 0 Å². The Balaban J connectivity index is 1.88. The van der Waals surface area contributed by atoms with Crippen LogP contribution < -0.4 is 5.43 Å². The Labute approximate surface area is 141 Å². The van der Waals surface area contributed by atoms with E-state index < -0.39 is 11.6 Å². The van der Waals surface area contributed by atoms with Crippen molar-refractivity contribution in [3.63, 3.8) is 0 Å². The van der Waals surface area contributed by atoms with Gasteiger partial charge in [0, 0.05) is 17.5 Å². The van der Waals surface area contributed by atoms with Crippen LogP contribution in [0.4, 0.5) is 14.5 Å². The van der Waals surface area contributed by atoms with Crippen LogP contribution in [-0.2, 0) is 6.42 Å². The third-order valence-corrected chi connectivity index (χ3v) is 3.42. The number of anilines is 1. The average Bonchev–Trinajstić information content (AvgIpc) is 3.08. The second kappa shape index (κ2) is 7.18. The van der Waals surface area contributed by atoms with E-state index in [-0.39, 0.29) is 6.42 Å². The summed E-state index contributed by atoms with van der Waals surface area (Å²) in [6.07, 6.45) is 2.89. The zero-order valence-electron chi connectivity index (χ0n) is 12.3. The van der Waals surface area contributed by atoms with Crippen LogP contribution in [0.2, 0.25) is 5.02 Å². The maximum atomic E-state index is 13.9. The fourth-order valence-electron chi connectivity index (χ4n) is 2.04. The number of hydrogen-bond acceptors (Lipinski definition) is 4. The van der Waals surface area contributed by atoms with Crippen molar-refractivity contribution in [1.29, 1.82) is 0 Å². The van der Waals surface area contributed by atoms with Gasteiger partial charge >= 0.3 is 0 Å². The first-order valence-corrected chi connectivity index (χ1v) is 7.37. The number of benzene rings is 2. The van der Waals surface area contributed by atoms with Gasteiger partial charge in [0.25, 0.3) is 0 Å². The van der Waals surface area contributed by atoms with Crippen molar-refractivity contribution >= 4 is 23.1 Å². The number of nitrogens with one attached hydrogen (secondary N) is 1. The Hall–Kier alpha value is -2.80. The molecule has 5 nitrogen and oxygen atoms in total. The standard InChI is InChI=1S/C16H12ClF2N5/c17-12-2-1-3-14(7-12)22-23-16(24-10-20-9-21-24)6-11-4-5-13(18)8-15(11)19/h1-5,7-10,22H,6H2. The monoisotopic (exact) mass is 347 g/mol. The summed E-state index contributed by atoms with van der Waals surface area (Å²) in [5.41, 5.74) is 3.80. The zero-order chi connectivity index (χ0) is 16.9. The molecule has 2 aromatic carbocycles. The second-order valence-corrected chi connectivity index (χ2v) is 5.34. The average molecular weight is 348 g/mol. The zero-order valence-corrected chi connectivity index (χ0v) is 13.1. The molecule has 0 amide bonds. The smallest absolute Gasteiger partial charge is 0.156 e. The summed E-state index contributed by atoms with van der Waals surface area (Å²) in [6.45, 7) is 0. The van der Waals surface area contributed by atoms with Crippen molar-refractivity contribution in [2.45, 2.75) is 6.42 Å². The molecule has 0 fully saturated rings. The van der Waals surface area contributed by atoms with E-state index in [1.165, 1.54) is 29.5 Å². The number of rotatable bonds is 4. The molecule has 0 spiro atoms. The highest BCUT2D eigenvalue weighted by molar-refractivity contribution is 6.30. The molecule has 0 aliphatic carbocycles. The minimum absolute atomic E-state index is 0.100. The number of hydrazone groups is 1. The Morgan fingerprint density at radius 1 is 1.21 bits per heavy atom. The first-order valence-electron chi connectivity index (χ1n) is 6.99. The van der Waals surface area contributed by atoms with Gasteiger partial charge in [-0.1, -0.05) is 23.7 Å². The molecule has 0 bridgehead atoms. The highest BCUT2D eigenvalue weighted by Gasteiger charge is 2.10. The summed E-state index contributed by atoms with van der Waals surface area (Å²) in [4.78, 5) is 3.86. The third-order valence-electron chi connectivity index (χ3n) is 3.19. The molecule has 122 valence electrons. The summed E-state index contributed by atoms with van der Waals surface area (Å²) in [5, 5.41) is 8.80. The van der Waals surface area contributed by atoms with Crippen LogP contribution in [0.25, 0.3) is 0 Å². The molecule has 24 heavy (non-hydrogen) atoms. The van der Waals surface area contributed by atoms with E-state index in [0.717, 1.165) is 6.07 Å². The fourth-order valence-corrected chi connectivity index (χ4v) is 2.23. The maximum absolute atomic E-state index is 13.9. The first kappa shape index (κ1) is 16.1. The highest BCUT2D eigenvalue weighted by Crippen LogP contribution is 2.15. The molecule has 8 heteroatoms. The first-order chi connectivity index (χ1) is 11.6. The molecule has 0 atom stereocenters. The predicted molar refractivity (Wildman–Crippen MR) is 88.0 cm³/mol. The van der Waals surface area contributed by atoms with Gasteiger partial charge in [-0.05, 0) is 29.8 Å². The van der Waals surface area contributed by atoms with Gasteiger partial charge in [-0.15, -0.1) is 0 Å². The second-order valence-electron chi connectivity index (χ2n) is 4.90. The minimum atomic E-state index is -0.648. The van der Waals surface area contributed by atoms with Gasteiger partial charge in [0.2, 0.25) is 0 Å². The van der Waals surface area contributed by atoms with Crippen LogP contribution in [0.5, 0.6) is 0 Å². The Bertz CT molecular complexity index is 865. The van der Waals surface area contributed by atoms with Crippen molar-refractivity contribution in [3.05, 3.63) is 77.3 Å². The molecule has 1 N–H and O–H groups in total. The highest BCUT2D eigenvalue weighted by atomic mass is 35.5. The molecule has 0 aliphatic heterocycles. The summed E-state index contributed by atoms with van der Waals surface area (Å²) < 4.78 is 28.3. The maximum Gasteiger partial charge on any atom is 0.156 e. The molecule has 0 saturated carbocycles. The molecule has 3 rings (SSSR count). The molecule has 1 aromatic heterocycles. The third kappa shape index (κ3) is 3.94. The van der Waals surface area contributed by atoms with Gasteiger partial charge < -0.3 is 0 Å². The van der Waals surface area contributed by atoms with Crippen molar-refractivity contribution < 1.29 is 8.78 Å². The lowest BCUT2D eigenvalue weighted by Gasteiger charge is -2.09. The molecular formula is C16H12ClF2N5. The van der Waals surface area contributed by atoms with Gasteiger partial charge in [0.15, 0.2) is 5.84 Å². The molecule has 0 saturated heterocycles. The van der Waals surface area contributed by atoms with E-state index in [2.05, 4.69) is 20.6 Å². The van der Waals surface area contributed by atoms with Crippen molar-refractivity contribution in [2.75, 3.05) is 5.43 Å². The minimum Gasteiger partial charge on any atom is -0.277 e. The summed E-state index contributed by atoms with van der Waals surface area (Å²) in [6, 6.07) is 10.4. The molecule has 1 heterocycles. The van der Waals surface area contributed by atoms with Crippen LogP contribution >= 0.6 is 11.6 Å². The SMILES string of the molecule is Fc1ccc(CC(=NNc2cccc(Cl)c2)n2cncn2)c(F)c1. The molecule has 0 unspecified atom stereocenters. The van der Waals surface area contributed by atoms with E-state index in [1.807, 2.05) is 0 Å². The van der Waals surface area contributed by atoms with Crippen LogP contribution in [0.3, 0.4) is 0 Å². The van der Waals surface area contributed by atoms with Crippen LogP contribution in [0.15, 0.2) is 60.2 Å². The number of halogens is 3. The largest absolute Gasteiger partial charge is 0.277 e. The normalized spacial score (nSPS) is 11.5. The number of hydrogen-bond donors (Lipinski definition) is 1. The molecule has 3 aromatic rings. The topological polar surface area (TPSA) is 55.1 Å². The molecule has 0 aliphatic rings. The molecule has 0 radical (unpaired) electrons. The van der Waals surface area contributed by atoms with Crippen molar-refractivity contribution in [2.24, 2.45) is 5.10 Å². The van der Waals surface area contributed by atoms with E-state index in [0.29, 0.717) is 22.1 Å². The van der Waals surface area contributed by atoms with E-state index in [1.54, 1.807) is 24.3 Å². The number of aromatic nitrogens is 3. The summed E-state index contributed by atoms with van der Waals surface area (Å²) in [5.74, 6) is -0.892. The lowest BCUT2D eigenvalue weighted by atomic mass is 10.1. The Morgan fingerprint density at radius 3 is 2.79 bits per heavy atom. The summed E-state index contributed by atoms with van der Waals surface area (Å²) in [7, 11) is 0. The lowest BCUT2D eigenvalue weighted by molar-refractivity contribution is 0.575. The molecular weight excluding hydrogens is 336 g/mol. The summed E-state index contributed by atoms with van der Waals surface area (Å²) >= 11 is 5.92. The Kier molecular flexibility index (Phi) is 4.81. The Morgan fingerprint density at radius 2 is 2.08 bits per heavy atom. The fraction of sp³-hybridized carbons (Fsp3) is 0.0625. The van der Waals surface area contributed by atoms with Gasteiger partial charge in [-0.2, -0.15) is 10.2 Å². The van der Waals surface area contributed by atoms with Gasteiger partial charge in [-0.3, -0.25) is 5.43 Å². The van der Waals surface area contributed by atoms with Crippen LogP contribution in [0, 0.1) is 11.6 Å². The van der Waals surface area contributed by atoms with Gasteiger partial charge in [-0.25, -0.2) is 18.4 Å².